The molecular formula is C13H19N5O3S2. The number of nitrogens with one attached hydrogen (secondary N) is 1. The van der Waals surface area contributed by atoms with Crippen LogP contribution in [0.15, 0.2) is 20.9 Å². The number of aromatic nitrogens is 2. The Kier molecular flexibility index (Phi) is 4.52. The fourth-order valence-corrected chi connectivity index (χ4v) is 4.62. The van der Waals surface area contributed by atoms with Gasteiger partial charge in [0.2, 0.25) is 10.0 Å². The highest BCUT2D eigenvalue weighted by Crippen LogP contribution is 2.33. The highest BCUT2D eigenvalue weighted by Gasteiger charge is 2.29. The molecule has 0 aromatic carbocycles. The third kappa shape index (κ3) is 3.04. The molecule has 0 amide bonds. The predicted octanol–water partition coefficient (Wildman–Crippen LogP) is 0.624. The van der Waals surface area contributed by atoms with E-state index in [9.17, 15) is 8.42 Å². The van der Waals surface area contributed by atoms with E-state index in [4.69, 9.17) is 4.52 Å². The van der Waals surface area contributed by atoms with Gasteiger partial charge < -0.3 is 9.84 Å². The molecular weight excluding hydrogens is 338 g/mol. The number of nitrogens with zero attached hydrogens (tertiary/aromatic N) is 4. The Morgan fingerprint density at radius 2 is 2.26 bits per heavy atom. The van der Waals surface area contributed by atoms with Crippen LogP contribution in [0.3, 0.4) is 0 Å². The van der Waals surface area contributed by atoms with Crippen molar-refractivity contribution in [3.63, 3.8) is 0 Å². The number of piperazine rings is 1. The SMILES string of the molecule is CN1CCNCC1c1noc(-c2sccc2S(=O)(=O)N(C)C)n1. The van der Waals surface area contributed by atoms with E-state index in [-0.39, 0.29) is 16.8 Å². The summed E-state index contributed by atoms with van der Waals surface area (Å²) in [5.74, 6) is 0.811. The lowest BCUT2D eigenvalue weighted by Crippen LogP contribution is -2.44. The molecule has 2 aromatic rings. The Hall–Kier alpha value is -1.33. The highest BCUT2D eigenvalue weighted by atomic mass is 32.2. The predicted molar refractivity (Wildman–Crippen MR) is 86.7 cm³/mol. The van der Waals surface area contributed by atoms with E-state index >= 15 is 0 Å². The standard InChI is InChI=1S/C13H19N5O3S2/c1-17(2)23(19,20)10-4-7-22-11(10)13-15-12(16-21-13)9-8-14-5-6-18(9)3/h4,7,9,14H,5-6,8H2,1-3H3. The van der Waals surface area contributed by atoms with Gasteiger partial charge in [0.25, 0.3) is 5.89 Å². The van der Waals surface area contributed by atoms with Crippen LogP contribution in [0.5, 0.6) is 0 Å². The van der Waals surface area contributed by atoms with Crippen molar-refractivity contribution in [1.29, 1.82) is 0 Å². The largest absolute Gasteiger partial charge is 0.333 e. The number of thiophene rings is 1. The summed E-state index contributed by atoms with van der Waals surface area (Å²) < 4.78 is 31.3. The molecule has 10 heteroatoms. The van der Waals surface area contributed by atoms with Crippen LogP contribution in [0, 0.1) is 0 Å². The minimum absolute atomic E-state index is 0.0233. The van der Waals surface area contributed by atoms with E-state index in [2.05, 4.69) is 20.4 Å². The fourth-order valence-electron chi connectivity index (χ4n) is 2.41. The van der Waals surface area contributed by atoms with Gasteiger partial charge >= 0.3 is 0 Å². The average Bonchev–Trinajstić information content (AvgIpc) is 3.16. The Morgan fingerprint density at radius 1 is 1.48 bits per heavy atom. The molecule has 2 aromatic heterocycles. The third-order valence-electron chi connectivity index (χ3n) is 3.83. The van der Waals surface area contributed by atoms with Crippen LogP contribution in [-0.2, 0) is 10.0 Å². The molecule has 0 radical (unpaired) electrons. The van der Waals surface area contributed by atoms with Gasteiger partial charge in [0.1, 0.15) is 9.77 Å². The van der Waals surface area contributed by atoms with E-state index in [1.54, 1.807) is 11.4 Å². The summed E-state index contributed by atoms with van der Waals surface area (Å²) in [5, 5.41) is 9.05. The van der Waals surface area contributed by atoms with E-state index < -0.39 is 10.0 Å². The first-order valence-electron chi connectivity index (χ1n) is 7.16. The summed E-state index contributed by atoms with van der Waals surface area (Å²) in [6, 6.07) is 1.59. The summed E-state index contributed by atoms with van der Waals surface area (Å²) in [4.78, 5) is 7.25. The maximum absolute atomic E-state index is 12.4. The Balaban J connectivity index is 1.95. The average molecular weight is 357 g/mol. The van der Waals surface area contributed by atoms with Crippen molar-refractivity contribution in [2.45, 2.75) is 10.9 Å². The summed E-state index contributed by atoms with van der Waals surface area (Å²) in [6.07, 6.45) is 0. The van der Waals surface area contributed by atoms with Crippen LogP contribution < -0.4 is 5.32 Å². The van der Waals surface area contributed by atoms with Gasteiger partial charge in [0.05, 0.1) is 6.04 Å². The lowest BCUT2D eigenvalue weighted by atomic mass is 10.2. The molecule has 1 fully saturated rings. The normalized spacial score (nSPS) is 20.3. The molecule has 3 heterocycles. The number of rotatable bonds is 4. The minimum Gasteiger partial charge on any atom is -0.333 e. The molecule has 0 spiro atoms. The number of hydrogen-bond donors (Lipinski definition) is 1. The quantitative estimate of drug-likeness (QED) is 0.858. The first-order valence-corrected chi connectivity index (χ1v) is 9.48. The zero-order valence-corrected chi connectivity index (χ0v) is 14.8. The molecule has 1 saturated heterocycles. The molecule has 1 aliphatic rings. The second kappa shape index (κ2) is 6.29. The molecule has 1 N–H and O–H groups in total. The lowest BCUT2D eigenvalue weighted by molar-refractivity contribution is 0.190. The molecule has 1 unspecified atom stereocenters. The molecule has 8 nitrogen and oxygen atoms in total. The van der Waals surface area contributed by atoms with Crippen LogP contribution in [-0.4, -0.2) is 68.5 Å². The number of sulfonamides is 1. The Morgan fingerprint density at radius 3 is 2.96 bits per heavy atom. The van der Waals surface area contributed by atoms with Crippen molar-refractivity contribution < 1.29 is 12.9 Å². The fraction of sp³-hybridized carbons (Fsp3) is 0.538. The smallest absolute Gasteiger partial charge is 0.269 e. The Bertz CT molecular complexity index is 783. The summed E-state index contributed by atoms with van der Waals surface area (Å²) in [5.41, 5.74) is 0. The van der Waals surface area contributed by atoms with Crippen LogP contribution in [0.25, 0.3) is 10.8 Å². The minimum atomic E-state index is -3.55. The lowest BCUT2D eigenvalue weighted by Gasteiger charge is -2.30. The topological polar surface area (TPSA) is 91.6 Å². The van der Waals surface area contributed by atoms with Gasteiger partial charge in [-0.2, -0.15) is 4.98 Å². The van der Waals surface area contributed by atoms with Crippen LogP contribution in [0.2, 0.25) is 0 Å². The van der Waals surface area contributed by atoms with Gasteiger partial charge in [-0.05, 0) is 18.5 Å². The third-order valence-corrected chi connectivity index (χ3v) is 6.72. The zero-order chi connectivity index (χ0) is 16.6. The molecule has 1 atom stereocenters. The molecule has 3 rings (SSSR count). The van der Waals surface area contributed by atoms with Gasteiger partial charge in [-0.3, -0.25) is 4.90 Å². The second-order valence-corrected chi connectivity index (χ2v) is 8.60. The van der Waals surface area contributed by atoms with Crippen molar-refractivity contribution in [3.05, 3.63) is 17.3 Å². The van der Waals surface area contributed by atoms with Gasteiger partial charge in [0.15, 0.2) is 5.82 Å². The van der Waals surface area contributed by atoms with Gasteiger partial charge in [0, 0.05) is 33.7 Å². The first kappa shape index (κ1) is 16.5. The maximum atomic E-state index is 12.4. The Labute approximate surface area is 139 Å². The van der Waals surface area contributed by atoms with E-state index in [1.807, 2.05) is 7.05 Å². The van der Waals surface area contributed by atoms with Crippen molar-refractivity contribution in [3.8, 4) is 10.8 Å². The number of likely N-dealkylation sites (N-methyl/N-ethyl adjacent to an activating group) is 1. The molecule has 1 aliphatic heterocycles. The zero-order valence-electron chi connectivity index (χ0n) is 13.2. The van der Waals surface area contributed by atoms with Crippen LogP contribution >= 0.6 is 11.3 Å². The van der Waals surface area contributed by atoms with E-state index in [0.29, 0.717) is 10.7 Å². The summed E-state index contributed by atoms with van der Waals surface area (Å²) >= 11 is 1.28. The van der Waals surface area contributed by atoms with Gasteiger partial charge in [-0.1, -0.05) is 5.16 Å². The van der Waals surface area contributed by atoms with Gasteiger partial charge in [-0.25, -0.2) is 12.7 Å². The monoisotopic (exact) mass is 357 g/mol. The van der Waals surface area contributed by atoms with E-state index in [1.165, 1.54) is 29.7 Å². The maximum Gasteiger partial charge on any atom is 0.269 e. The summed E-state index contributed by atoms with van der Waals surface area (Å²) in [6.45, 7) is 2.56. The van der Waals surface area contributed by atoms with Crippen molar-refractivity contribution in [1.82, 2.24) is 24.7 Å². The summed E-state index contributed by atoms with van der Waals surface area (Å²) in [7, 11) is 1.46. The van der Waals surface area contributed by atoms with E-state index in [0.717, 1.165) is 19.6 Å². The first-order chi connectivity index (χ1) is 10.9. The van der Waals surface area contributed by atoms with Crippen LogP contribution in [0.1, 0.15) is 11.9 Å². The van der Waals surface area contributed by atoms with Gasteiger partial charge in [-0.15, -0.1) is 11.3 Å². The molecule has 126 valence electrons. The number of hydrogen-bond acceptors (Lipinski definition) is 8. The van der Waals surface area contributed by atoms with Crippen LogP contribution in [0.4, 0.5) is 0 Å². The van der Waals surface area contributed by atoms with Crippen molar-refractivity contribution in [2.75, 3.05) is 40.8 Å². The molecule has 0 bridgehead atoms. The highest BCUT2D eigenvalue weighted by molar-refractivity contribution is 7.89. The second-order valence-electron chi connectivity index (χ2n) is 5.56. The van der Waals surface area contributed by atoms with Crippen molar-refractivity contribution in [2.24, 2.45) is 0 Å². The molecule has 0 saturated carbocycles. The molecule has 0 aliphatic carbocycles. The molecule has 23 heavy (non-hydrogen) atoms. The van der Waals surface area contributed by atoms with Crippen molar-refractivity contribution >= 4 is 21.4 Å².